The molecule has 0 saturated heterocycles. The highest BCUT2D eigenvalue weighted by atomic mass is 35.5. The second kappa shape index (κ2) is 6.04. The Hall–Kier alpha value is -0.540. The Morgan fingerprint density at radius 2 is 2.36 bits per heavy atom. The van der Waals surface area contributed by atoms with Gasteiger partial charge < -0.3 is 5.32 Å². The molecule has 0 aliphatic rings. The van der Waals surface area contributed by atoms with Crippen molar-refractivity contribution in [2.75, 3.05) is 5.88 Å². The topological polar surface area (TPSA) is 29.1 Å². The van der Waals surface area contributed by atoms with Gasteiger partial charge >= 0.3 is 0 Å². The van der Waals surface area contributed by atoms with Crippen LogP contribution in [0, 0.1) is 6.92 Å². The van der Waals surface area contributed by atoms with Crippen molar-refractivity contribution in [1.29, 1.82) is 0 Å². The van der Waals surface area contributed by atoms with Gasteiger partial charge in [-0.25, -0.2) is 0 Å². The summed E-state index contributed by atoms with van der Waals surface area (Å²) in [6, 6.07) is 0. The molecule has 78 valence electrons. The standard InChI is InChI=1S/C10H14ClNOS/c1-8-6-14-7-9(8)5-12-10(13)3-2-4-11/h6-7H,2-5H2,1H3,(H,12,13). The van der Waals surface area contributed by atoms with Gasteiger partial charge in [0, 0.05) is 18.8 Å². The SMILES string of the molecule is Cc1cscc1CNC(=O)CCCCl. The maximum atomic E-state index is 11.2. The highest BCUT2D eigenvalue weighted by Gasteiger charge is 2.02. The summed E-state index contributed by atoms with van der Waals surface area (Å²) in [7, 11) is 0. The number of halogens is 1. The Morgan fingerprint density at radius 1 is 1.57 bits per heavy atom. The molecule has 1 N–H and O–H groups in total. The molecule has 0 unspecified atom stereocenters. The first-order valence-corrected chi connectivity index (χ1v) is 6.06. The van der Waals surface area contributed by atoms with Gasteiger partial charge in [-0.2, -0.15) is 11.3 Å². The predicted octanol–water partition coefficient (Wildman–Crippen LogP) is 2.69. The average molecular weight is 232 g/mol. The fourth-order valence-corrected chi connectivity index (χ4v) is 2.07. The van der Waals surface area contributed by atoms with Crippen molar-refractivity contribution in [1.82, 2.24) is 5.32 Å². The molecule has 0 bridgehead atoms. The lowest BCUT2D eigenvalue weighted by Crippen LogP contribution is -2.22. The molecule has 0 atom stereocenters. The Labute approximate surface area is 93.3 Å². The summed E-state index contributed by atoms with van der Waals surface area (Å²) in [6.45, 7) is 2.69. The van der Waals surface area contributed by atoms with Crippen LogP contribution in [0.2, 0.25) is 0 Å². The van der Waals surface area contributed by atoms with Crippen LogP contribution in [0.4, 0.5) is 0 Å². The van der Waals surface area contributed by atoms with Crippen molar-refractivity contribution in [2.45, 2.75) is 26.3 Å². The Balaban J connectivity index is 2.27. The van der Waals surface area contributed by atoms with Gasteiger partial charge in [-0.3, -0.25) is 4.79 Å². The quantitative estimate of drug-likeness (QED) is 0.776. The van der Waals surface area contributed by atoms with Crippen LogP contribution < -0.4 is 5.32 Å². The molecule has 0 saturated carbocycles. The number of thiophene rings is 1. The van der Waals surface area contributed by atoms with E-state index in [0.29, 0.717) is 18.8 Å². The Morgan fingerprint density at radius 3 is 2.93 bits per heavy atom. The van der Waals surface area contributed by atoms with Gasteiger partial charge in [0.2, 0.25) is 5.91 Å². The molecular weight excluding hydrogens is 218 g/mol. The smallest absolute Gasteiger partial charge is 0.220 e. The number of hydrogen-bond acceptors (Lipinski definition) is 2. The van der Waals surface area contributed by atoms with Crippen LogP contribution >= 0.6 is 22.9 Å². The van der Waals surface area contributed by atoms with E-state index in [0.717, 1.165) is 6.42 Å². The highest BCUT2D eigenvalue weighted by Crippen LogP contribution is 2.12. The van der Waals surface area contributed by atoms with Crippen molar-refractivity contribution in [3.8, 4) is 0 Å². The molecule has 2 nitrogen and oxygen atoms in total. The van der Waals surface area contributed by atoms with Gasteiger partial charge in [-0.1, -0.05) is 0 Å². The number of hydrogen-bond donors (Lipinski definition) is 1. The van der Waals surface area contributed by atoms with E-state index in [2.05, 4.69) is 23.0 Å². The zero-order valence-corrected chi connectivity index (χ0v) is 9.75. The van der Waals surface area contributed by atoms with Gasteiger partial charge in [0.05, 0.1) is 0 Å². The summed E-state index contributed by atoms with van der Waals surface area (Å²) in [5.74, 6) is 0.626. The molecule has 0 aliphatic heterocycles. The van der Waals surface area contributed by atoms with Gasteiger partial charge in [0.1, 0.15) is 0 Å². The van der Waals surface area contributed by atoms with E-state index in [-0.39, 0.29) is 5.91 Å². The van der Waals surface area contributed by atoms with E-state index in [1.54, 1.807) is 11.3 Å². The van der Waals surface area contributed by atoms with Crippen LogP contribution in [-0.2, 0) is 11.3 Å². The Bertz CT molecular complexity index is 298. The van der Waals surface area contributed by atoms with E-state index in [1.807, 2.05) is 0 Å². The second-order valence-corrected chi connectivity index (χ2v) is 4.27. The minimum absolute atomic E-state index is 0.0799. The third-order valence-corrected chi connectivity index (χ3v) is 3.15. The molecule has 0 aliphatic carbocycles. The molecular formula is C10H14ClNOS. The third kappa shape index (κ3) is 3.68. The first-order valence-electron chi connectivity index (χ1n) is 4.58. The van der Waals surface area contributed by atoms with Gasteiger partial charge in [-0.15, -0.1) is 11.6 Å². The first-order chi connectivity index (χ1) is 6.74. The average Bonchev–Trinajstić information content (AvgIpc) is 2.58. The molecule has 0 radical (unpaired) electrons. The summed E-state index contributed by atoms with van der Waals surface area (Å²) in [5, 5.41) is 7.02. The monoisotopic (exact) mass is 231 g/mol. The maximum absolute atomic E-state index is 11.2. The summed E-state index contributed by atoms with van der Waals surface area (Å²) in [6.07, 6.45) is 1.27. The number of aryl methyl sites for hydroxylation is 1. The number of carbonyl (C=O) groups excluding carboxylic acids is 1. The molecule has 4 heteroatoms. The minimum Gasteiger partial charge on any atom is -0.352 e. The predicted molar refractivity (Wildman–Crippen MR) is 60.9 cm³/mol. The van der Waals surface area contributed by atoms with E-state index in [4.69, 9.17) is 11.6 Å². The number of carbonyl (C=O) groups is 1. The lowest BCUT2D eigenvalue weighted by atomic mass is 10.2. The van der Waals surface area contributed by atoms with Crippen molar-refractivity contribution in [2.24, 2.45) is 0 Å². The van der Waals surface area contributed by atoms with E-state index < -0.39 is 0 Å². The van der Waals surface area contributed by atoms with Crippen LogP contribution in [0.5, 0.6) is 0 Å². The lowest BCUT2D eigenvalue weighted by Gasteiger charge is -2.03. The van der Waals surface area contributed by atoms with Crippen molar-refractivity contribution < 1.29 is 4.79 Å². The van der Waals surface area contributed by atoms with E-state index >= 15 is 0 Å². The summed E-state index contributed by atoms with van der Waals surface area (Å²) in [4.78, 5) is 11.2. The van der Waals surface area contributed by atoms with Crippen LogP contribution in [-0.4, -0.2) is 11.8 Å². The van der Waals surface area contributed by atoms with Crippen molar-refractivity contribution in [3.63, 3.8) is 0 Å². The largest absolute Gasteiger partial charge is 0.352 e. The van der Waals surface area contributed by atoms with Crippen molar-refractivity contribution >= 4 is 28.8 Å². The molecule has 1 rings (SSSR count). The number of amides is 1. The summed E-state index contributed by atoms with van der Waals surface area (Å²) >= 11 is 7.16. The number of alkyl halides is 1. The van der Waals surface area contributed by atoms with Crippen LogP contribution in [0.1, 0.15) is 24.0 Å². The summed E-state index contributed by atoms with van der Waals surface area (Å²) < 4.78 is 0. The molecule has 0 spiro atoms. The van der Waals surface area contributed by atoms with Crippen LogP contribution in [0.3, 0.4) is 0 Å². The number of rotatable bonds is 5. The molecule has 1 aromatic heterocycles. The van der Waals surface area contributed by atoms with Gasteiger partial charge in [0.15, 0.2) is 0 Å². The third-order valence-electron chi connectivity index (χ3n) is 1.98. The fourth-order valence-electron chi connectivity index (χ4n) is 1.08. The zero-order valence-electron chi connectivity index (χ0n) is 8.18. The number of nitrogens with one attached hydrogen (secondary N) is 1. The molecule has 1 amide bonds. The molecule has 0 fully saturated rings. The maximum Gasteiger partial charge on any atom is 0.220 e. The van der Waals surface area contributed by atoms with Crippen molar-refractivity contribution in [3.05, 3.63) is 21.9 Å². The van der Waals surface area contributed by atoms with E-state index in [1.165, 1.54) is 11.1 Å². The van der Waals surface area contributed by atoms with Gasteiger partial charge in [0.25, 0.3) is 0 Å². The highest BCUT2D eigenvalue weighted by molar-refractivity contribution is 7.08. The van der Waals surface area contributed by atoms with Crippen LogP contribution in [0.15, 0.2) is 10.8 Å². The van der Waals surface area contributed by atoms with Crippen LogP contribution in [0.25, 0.3) is 0 Å². The molecule has 1 aromatic rings. The van der Waals surface area contributed by atoms with Gasteiger partial charge in [-0.05, 0) is 35.2 Å². The molecule has 0 aromatic carbocycles. The zero-order chi connectivity index (χ0) is 10.4. The Kier molecular flexibility index (Phi) is 4.98. The second-order valence-electron chi connectivity index (χ2n) is 3.15. The molecule has 1 heterocycles. The normalized spacial score (nSPS) is 10.1. The molecule has 14 heavy (non-hydrogen) atoms. The first kappa shape index (κ1) is 11.5. The lowest BCUT2D eigenvalue weighted by molar-refractivity contribution is -0.121. The van der Waals surface area contributed by atoms with E-state index in [9.17, 15) is 4.79 Å². The fraction of sp³-hybridized carbons (Fsp3) is 0.500. The summed E-state index contributed by atoms with van der Waals surface area (Å²) in [5.41, 5.74) is 2.45. The minimum atomic E-state index is 0.0799.